The van der Waals surface area contributed by atoms with E-state index in [1.165, 1.54) is 0 Å². The lowest BCUT2D eigenvalue weighted by atomic mass is 10.0. The first-order chi connectivity index (χ1) is 5.11. The third-order valence-corrected chi connectivity index (χ3v) is 2.02. The first-order valence-corrected chi connectivity index (χ1v) is 4.06. The Kier molecular flexibility index (Phi) is 2.62. The predicted octanol–water partition coefficient (Wildman–Crippen LogP) is -0.0657. The number of carbonyl (C=O) groups excluding carboxylic acids is 1. The number of β-amino-alcohol motifs (C(OH)–C–C–N with tert-alkyl or cyclic N) is 1. The van der Waals surface area contributed by atoms with E-state index in [9.17, 15) is 4.79 Å². The van der Waals surface area contributed by atoms with Gasteiger partial charge in [0.2, 0.25) is 0 Å². The SMILES string of the molecule is CC(C)C(=O)C1CC(O)CN1. The summed E-state index contributed by atoms with van der Waals surface area (Å²) in [4.78, 5) is 11.3. The highest BCUT2D eigenvalue weighted by Gasteiger charge is 2.28. The van der Waals surface area contributed by atoms with Gasteiger partial charge in [-0.2, -0.15) is 0 Å². The number of rotatable bonds is 2. The fourth-order valence-electron chi connectivity index (χ4n) is 1.34. The fourth-order valence-corrected chi connectivity index (χ4v) is 1.34. The van der Waals surface area contributed by atoms with Crippen LogP contribution in [-0.4, -0.2) is 29.6 Å². The van der Waals surface area contributed by atoms with Crippen LogP contribution in [-0.2, 0) is 4.79 Å². The van der Waals surface area contributed by atoms with Crippen LogP contribution in [0.3, 0.4) is 0 Å². The molecule has 1 rings (SSSR count). The standard InChI is InChI=1S/C8H15NO2/c1-5(2)8(11)7-3-6(10)4-9-7/h5-7,9-10H,3-4H2,1-2H3. The first-order valence-electron chi connectivity index (χ1n) is 4.06. The van der Waals surface area contributed by atoms with Crippen molar-refractivity contribution in [2.24, 2.45) is 5.92 Å². The summed E-state index contributed by atoms with van der Waals surface area (Å²) in [5.74, 6) is 0.277. The molecule has 0 amide bonds. The lowest BCUT2D eigenvalue weighted by Gasteiger charge is -2.10. The molecule has 1 aliphatic heterocycles. The van der Waals surface area contributed by atoms with Crippen molar-refractivity contribution in [2.75, 3.05) is 6.54 Å². The molecular formula is C8H15NO2. The topological polar surface area (TPSA) is 49.3 Å². The zero-order chi connectivity index (χ0) is 8.43. The van der Waals surface area contributed by atoms with Gasteiger partial charge in [-0.1, -0.05) is 13.8 Å². The van der Waals surface area contributed by atoms with E-state index in [0.717, 1.165) is 0 Å². The minimum Gasteiger partial charge on any atom is -0.392 e. The van der Waals surface area contributed by atoms with E-state index in [1.54, 1.807) is 0 Å². The summed E-state index contributed by atoms with van der Waals surface area (Å²) >= 11 is 0. The highest BCUT2D eigenvalue weighted by atomic mass is 16.3. The van der Waals surface area contributed by atoms with E-state index >= 15 is 0 Å². The molecule has 0 aromatic heterocycles. The van der Waals surface area contributed by atoms with Crippen molar-refractivity contribution in [1.29, 1.82) is 0 Å². The highest BCUT2D eigenvalue weighted by Crippen LogP contribution is 2.11. The van der Waals surface area contributed by atoms with Gasteiger partial charge in [0.1, 0.15) is 0 Å². The van der Waals surface area contributed by atoms with Gasteiger partial charge in [0.25, 0.3) is 0 Å². The number of hydrogen-bond donors (Lipinski definition) is 2. The summed E-state index contributed by atoms with van der Waals surface area (Å²) in [6.45, 7) is 4.33. The minimum atomic E-state index is -0.331. The maximum absolute atomic E-state index is 11.3. The maximum Gasteiger partial charge on any atom is 0.152 e. The Morgan fingerprint density at radius 1 is 1.64 bits per heavy atom. The van der Waals surface area contributed by atoms with Crippen LogP contribution in [0.1, 0.15) is 20.3 Å². The van der Waals surface area contributed by atoms with Crippen LogP contribution in [0.5, 0.6) is 0 Å². The Bertz CT molecular complexity index is 156. The van der Waals surface area contributed by atoms with Crippen molar-refractivity contribution in [3.05, 3.63) is 0 Å². The van der Waals surface area contributed by atoms with E-state index in [1.807, 2.05) is 13.8 Å². The molecule has 2 unspecified atom stereocenters. The Labute approximate surface area is 66.8 Å². The second-order valence-corrected chi connectivity index (χ2v) is 3.41. The molecule has 0 spiro atoms. The average molecular weight is 157 g/mol. The summed E-state index contributed by atoms with van der Waals surface area (Å²) in [6, 6.07) is -0.106. The number of Topliss-reactive ketones (excluding diaryl/α,β-unsaturated/α-hetero) is 1. The number of ketones is 1. The monoisotopic (exact) mass is 157 g/mol. The number of carbonyl (C=O) groups is 1. The quantitative estimate of drug-likeness (QED) is 0.590. The Balaban J connectivity index is 2.43. The minimum absolute atomic E-state index is 0.0674. The Morgan fingerprint density at radius 2 is 2.27 bits per heavy atom. The van der Waals surface area contributed by atoms with Crippen LogP contribution in [0.15, 0.2) is 0 Å². The average Bonchev–Trinajstić information content (AvgIpc) is 2.34. The zero-order valence-corrected chi connectivity index (χ0v) is 7.00. The van der Waals surface area contributed by atoms with Gasteiger partial charge in [-0.05, 0) is 6.42 Å². The van der Waals surface area contributed by atoms with E-state index in [0.29, 0.717) is 13.0 Å². The van der Waals surface area contributed by atoms with Crippen LogP contribution in [0.2, 0.25) is 0 Å². The molecule has 3 nitrogen and oxygen atoms in total. The number of aliphatic hydroxyl groups is 1. The van der Waals surface area contributed by atoms with Crippen molar-refractivity contribution in [3.63, 3.8) is 0 Å². The molecule has 0 saturated carbocycles. The van der Waals surface area contributed by atoms with E-state index in [-0.39, 0.29) is 23.8 Å². The molecule has 0 aromatic rings. The third kappa shape index (κ3) is 2.01. The second-order valence-electron chi connectivity index (χ2n) is 3.41. The largest absolute Gasteiger partial charge is 0.392 e. The summed E-state index contributed by atoms with van der Waals surface area (Å²) in [7, 11) is 0. The van der Waals surface area contributed by atoms with Crippen LogP contribution in [0.4, 0.5) is 0 Å². The van der Waals surface area contributed by atoms with Gasteiger partial charge in [0.15, 0.2) is 5.78 Å². The molecule has 1 aliphatic rings. The molecule has 1 heterocycles. The van der Waals surface area contributed by atoms with Gasteiger partial charge in [-0.3, -0.25) is 4.79 Å². The van der Waals surface area contributed by atoms with Crippen LogP contribution in [0, 0.1) is 5.92 Å². The summed E-state index contributed by atoms with van der Waals surface area (Å²) in [5, 5.41) is 12.1. The van der Waals surface area contributed by atoms with E-state index in [4.69, 9.17) is 5.11 Å². The molecule has 0 aromatic carbocycles. The lowest BCUT2D eigenvalue weighted by Crippen LogP contribution is -2.33. The van der Waals surface area contributed by atoms with Crippen molar-refractivity contribution in [3.8, 4) is 0 Å². The number of nitrogens with one attached hydrogen (secondary N) is 1. The smallest absolute Gasteiger partial charge is 0.152 e. The maximum atomic E-state index is 11.3. The Morgan fingerprint density at radius 3 is 2.64 bits per heavy atom. The molecule has 0 radical (unpaired) electrons. The Hall–Kier alpha value is -0.410. The van der Waals surface area contributed by atoms with E-state index < -0.39 is 0 Å². The summed E-state index contributed by atoms with van der Waals surface area (Å²) in [6.07, 6.45) is 0.250. The van der Waals surface area contributed by atoms with Gasteiger partial charge in [-0.15, -0.1) is 0 Å². The van der Waals surface area contributed by atoms with Crippen LogP contribution >= 0.6 is 0 Å². The van der Waals surface area contributed by atoms with Gasteiger partial charge < -0.3 is 10.4 Å². The molecule has 2 atom stereocenters. The van der Waals surface area contributed by atoms with Gasteiger partial charge >= 0.3 is 0 Å². The van der Waals surface area contributed by atoms with Gasteiger partial charge in [0, 0.05) is 12.5 Å². The summed E-state index contributed by atoms with van der Waals surface area (Å²) < 4.78 is 0. The van der Waals surface area contributed by atoms with Gasteiger partial charge in [0.05, 0.1) is 12.1 Å². The fraction of sp³-hybridized carbons (Fsp3) is 0.875. The molecular weight excluding hydrogens is 142 g/mol. The molecule has 11 heavy (non-hydrogen) atoms. The highest BCUT2D eigenvalue weighted by molar-refractivity contribution is 5.86. The van der Waals surface area contributed by atoms with Crippen LogP contribution < -0.4 is 5.32 Å². The van der Waals surface area contributed by atoms with Crippen LogP contribution in [0.25, 0.3) is 0 Å². The first kappa shape index (κ1) is 8.68. The van der Waals surface area contributed by atoms with Crippen molar-refractivity contribution in [1.82, 2.24) is 5.32 Å². The lowest BCUT2D eigenvalue weighted by molar-refractivity contribution is -0.123. The number of hydrogen-bond acceptors (Lipinski definition) is 3. The molecule has 3 heteroatoms. The number of aliphatic hydroxyl groups excluding tert-OH is 1. The second kappa shape index (κ2) is 3.32. The predicted molar refractivity (Wildman–Crippen MR) is 42.3 cm³/mol. The van der Waals surface area contributed by atoms with Crippen molar-refractivity contribution in [2.45, 2.75) is 32.4 Å². The normalized spacial score (nSPS) is 31.3. The van der Waals surface area contributed by atoms with Crippen molar-refractivity contribution < 1.29 is 9.90 Å². The van der Waals surface area contributed by atoms with E-state index in [2.05, 4.69) is 5.32 Å². The summed E-state index contributed by atoms with van der Waals surface area (Å²) in [5.41, 5.74) is 0. The molecule has 1 fully saturated rings. The third-order valence-electron chi connectivity index (χ3n) is 2.02. The molecule has 1 saturated heterocycles. The van der Waals surface area contributed by atoms with Gasteiger partial charge in [-0.25, -0.2) is 0 Å². The molecule has 2 N–H and O–H groups in total. The molecule has 0 aliphatic carbocycles. The molecule has 0 bridgehead atoms. The van der Waals surface area contributed by atoms with Crippen molar-refractivity contribution >= 4 is 5.78 Å². The molecule has 64 valence electrons. The zero-order valence-electron chi connectivity index (χ0n) is 7.00.